The van der Waals surface area contributed by atoms with Gasteiger partial charge in [0.15, 0.2) is 0 Å². The minimum Gasteiger partial charge on any atom is -0.352 e. The standard InChI is InChI=1S/C21H23F3N2O3S/c22-17-2-5-19(6-3-17)30(28,29)26-11-9-15(10-12-26)1-8-21(27)25-14-16-13-18(23)4-7-20(16)24/h2-7,13,15H,1,8-12,14H2,(H,25,27). The third kappa shape index (κ3) is 5.60. The number of nitrogens with one attached hydrogen (secondary N) is 1. The maximum atomic E-state index is 13.6. The van der Waals surface area contributed by atoms with Crippen LogP contribution in [0.25, 0.3) is 0 Å². The number of hydrogen-bond donors (Lipinski definition) is 1. The summed E-state index contributed by atoms with van der Waals surface area (Å²) in [5, 5.41) is 2.58. The van der Waals surface area contributed by atoms with Crippen LogP contribution in [0.2, 0.25) is 0 Å². The zero-order valence-corrected chi connectivity index (χ0v) is 17.1. The molecule has 0 radical (unpaired) electrons. The third-order valence-electron chi connectivity index (χ3n) is 5.29. The van der Waals surface area contributed by atoms with Gasteiger partial charge >= 0.3 is 0 Å². The summed E-state index contributed by atoms with van der Waals surface area (Å²) in [4.78, 5) is 12.1. The van der Waals surface area contributed by atoms with E-state index in [0.29, 0.717) is 32.4 Å². The molecule has 0 spiro atoms. The van der Waals surface area contributed by atoms with E-state index in [1.165, 1.54) is 16.4 Å². The molecule has 0 aliphatic carbocycles. The highest BCUT2D eigenvalue weighted by Crippen LogP contribution is 2.26. The van der Waals surface area contributed by atoms with Crippen molar-refractivity contribution in [1.29, 1.82) is 0 Å². The zero-order valence-electron chi connectivity index (χ0n) is 16.3. The Morgan fingerprint density at radius 2 is 1.63 bits per heavy atom. The number of carbonyl (C=O) groups excluding carboxylic acids is 1. The number of carbonyl (C=O) groups is 1. The molecule has 0 atom stereocenters. The van der Waals surface area contributed by atoms with Gasteiger partial charge in [-0.05, 0) is 67.6 Å². The Morgan fingerprint density at radius 3 is 2.30 bits per heavy atom. The molecular weight excluding hydrogens is 417 g/mol. The van der Waals surface area contributed by atoms with Crippen LogP contribution in [0.15, 0.2) is 47.4 Å². The highest BCUT2D eigenvalue weighted by Gasteiger charge is 2.29. The molecule has 2 aromatic carbocycles. The Hall–Kier alpha value is -2.39. The van der Waals surface area contributed by atoms with E-state index in [1.807, 2.05) is 0 Å². The minimum absolute atomic E-state index is 0.0614. The molecule has 0 unspecified atom stereocenters. The number of halogens is 3. The first-order chi connectivity index (χ1) is 14.3. The molecule has 2 aromatic rings. The Bertz CT molecular complexity index is 989. The van der Waals surface area contributed by atoms with Crippen molar-refractivity contribution < 1.29 is 26.4 Å². The normalized spacial score (nSPS) is 15.8. The van der Waals surface area contributed by atoms with Gasteiger partial charge in [-0.15, -0.1) is 0 Å². The number of sulfonamides is 1. The van der Waals surface area contributed by atoms with Gasteiger partial charge in [0, 0.05) is 31.6 Å². The van der Waals surface area contributed by atoms with Crippen LogP contribution in [-0.2, 0) is 21.4 Å². The first kappa shape index (κ1) is 22.3. The lowest BCUT2D eigenvalue weighted by Crippen LogP contribution is -2.38. The van der Waals surface area contributed by atoms with Gasteiger partial charge in [0.1, 0.15) is 17.5 Å². The lowest BCUT2D eigenvalue weighted by molar-refractivity contribution is -0.121. The van der Waals surface area contributed by atoms with Crippen molar-refractivity contribution >= 4 is 15.9 Å². The fourth-order valence-electron chi connectivity index (χ4n) is 3.49. The predicted molar refractivity (Wildman–Crippen MR) is 105 cm³/mol. The highest BCUT2D eigenvalue weighted by molar-refractivity contribution is 7.89. The van der Waals surface area contributed by atoms with Crippen LogP contribution in [0.5, 0.6) is 0 Å². The van der Waals surface area contributed by atoms with Crippen molar-refractivity contribution in [2.75, 3.05) is 13.1 Å². The topological polar surface area (TPSA) is 66.5 Å². The summed E-state index contributed by atoms with van der Waals surface area (Å²) in [6, 6.07) is 7.83. The summed E-state index contributed by atoms with van der Waals surface area (Å²) >= 11 is 0. The smallest absolute Gasteiger partial charge is 0.243 e. The van der Waals surface area contributed by atoms with Crippen LogP contribution in [0.1, 0.15) is 31.2 Å². The SMILES string of the molecule is O=C(CCC1CCN(S(=O)(=O)c2ccc(F)cc2)CC1)NCc1cc(F)ccc1F. The molecule has 1 saturated heterocycles. The number of amides is 1. The molecule has 5 nitrogen and oxygen atoms in total. The van der Waals surface area contributed by atoms with E-state index in [2.05, 4.69) is 5.32 Å². The van der Waals surface area contributed by atoms with Crippen LogP contribution in [0, 0.1) is 23.4 Å². The average Bonchev–Trinajstić information content (AvgIpc) is 2.73. The van der Waals surface area contributed by atoms with Gasteiger partial charge in [-0.25, -0.2) is 21.6 Å². The van der Waals surface area contributed by atoms with Crippen molar-refractivity contribution in [3.05, 3.63) is 65.5 Å². The van der Waals surface area contributed by atoms with Gasteiger partial charge in [0.25, 0.3) is 0 Å². The largest absolute Gasteiger partial charge is 0.352 e. The Labute approximate surface area is 173 Å². The first-order valence-electron chi connectivity index (χ1n) is 9.72. The predicted octanol–water partition coefficient (Wildman–Crippen LogP) is 3.60. The Kier molecular flexibility index (Phi) is 7.14. The quantitative estimate of drug-likeness (QED) is 0.716. The number of nitrogens with zero attached hydrogens (tertiary/aromatic N) is 1. The van der Waals surface area contributed by atoms with Crippen LogP contribution < -0.4 is 5.32 Å². The zero-order chi connectivity index (χ0) is 21.7. The second-order valence-corrected chi connectivity index (χ2v) is 9.29. The summed E-state index contributed by atoms with van der Waals surface area (Å²) in [6.07, 6.45) is 2.05. The second kappa shape index (κ2) is 9.61. The molecule has 162 valence electrons. The first-order valence-corrected chi connectivity index (χ1v) is 11.2. The van der Waals surface area contributed by atoms with Crippen LogP contribution in [-0.4, -0.2) is 31.7 Å². The van der Waals surface area contributed by atoms with E-state index in [9.17, 15) is 26.4 Å². The molecule has 30 heavy (non-hydrogen) atoms. The van der Waals surface area contributed by atoms with E-state index >= 15 is 0 Å². The Balaban J connectivity index is 1.44. The summed E-state index contributed by atoms with van der Waals surface area (Å²) in [7, 11) is -3.66. The molecule has 0 aromatic heterocycles. The van der Waals surface area contributed by atoms with Gasteiger partial charge < -0.3 is 5.32 Å². The van der Waals surface area contributed by atoms with Gasteiger partial charge in [0.2, 0.25) is 15.9 Å². The molecular formula is C21H23F3N2O3S. The molecule has 0 bridgehead atoms. The summed E-state index contributed by atoms with van der Waals surface area (Å²) in [5.74, 6) is -1.71. The van der Waals surface area contributed by atoms with E-state index < -0.39 is 27.5 Å². The number of benzene rings is 2. The molecule has 1 heterocycles. The second-order valence-electron chi connectivity index (χ2n) is 7.35. The summed E-state index contributed by atoms with van der Waals surface area (Å²) in [6.45, 7) is 0.581. The van der Waals surface area contributed by atoms with E-state index in [1.54, 1.807) is 0 Å². The van der Waals surface area contributed by atoms with Crippen LogP contribution in [0.3, 0.4) is 0 Å². The molecule has 1 fully saturated rings. The molecule has 0 saturated carbocycles. The lowest BCUT2D eigenvalue weighted by atomic mass is 9.93. The fourth-order valence-corrected chi connectivity index (χ4v) is 4.96. The average molecular weight is 440 g/mol. The van der Waals surface area contributed by atoms with Crippen LogP contribution >= 0.6 is 0 Å². The van der Waals surface area contributed by atoms with Gasteiger partial charge in [-0.3, -0.25) is 4.79 Å². The van der Waals surface area contributed by atoms with Crippen molar-refractivity contribution in [2.24, 2.45) is 5.92 Å². The fraction of sp³-hybridized carbons (Fsp3) is 0.381. The molecule has 1 aliphatic rings. The molecule has 1 aliphatic heterocycles. The number of hydrogen-bond acceptors (Lipinski definition) is 3. The van der Waals surface area contributed by atoms with Gasteiger partial charge in [0.05, 0.1) is 4.90 Å². The molecule has 1 amide bonds. The molecule has 9 heteroatoms. The van der Waals surface area contributed by atoms with Crippen molar-refractivity contribution in [2.45, 2.75) is 37.1 Å². The van der Waals surface area contributed by atoms with E-state index in [-0.39, 0.29) is 35.2 Å². The van der Waals surface area contributed by atoms with Gasteiger partial charge in [-0.1, -0.05) is 0 Å². The van der Waals surface area contributed by atoms with Crippen LogP contribution in [0.4, 0.5) is 13.2 Å². The summed E-state index contributed by atoms with van der Waals surface area (Å²) < 4.78 is 66.4. The Morgan fingerprint density at radius 1 is 1.00 bits per heavy atom. The number of piperidine rings is 1. The minimum atomic E-state index is -3.66. The highest BCUT2D eigenvalue weighted by atomic mass is 32.2. The lowest BCUT2D eigenvalue weighted by Gasteiger charge is -2.31. The van der Waals surface area contributed by atoms with Gasteiger partial charge in [-0.2, -0.15) is 4.31 Å². The van der Waals surface area contributed by atoms with E-state index in [4.69, 9.17) is 0 Å². The maximum absolute atomic E-state index is 13.6. The number of rotatable bonds is 7. The monoisotopic (exact) mass is 440 g/mol. The maximum Gasteiger partial charge on any atom is 0.243 e. The van der Waals surface area contributed by atoms with Crippen molar-refractivity contribution in [1.82, 2.24) is 9.62 Å². The molecule has 1 N–H and O–H groups in total. The van der Waals surface area contributed by atoms with Crippen molar-refractivity contribution in [3.63, 3.8) is 0 Å². The van der Waals surface area contributed by atoms with Crippen molar-refractivity contribution in [3.8, 4) is 0 Å². The third-order valence-corrected chi connectivity index (χ3v) is 7.20. The summed E-state index contributed by atoms with van der Waals surface area (Å²) in [5.41, 5.74) is 0.0858. The molecule has 3 rings (SSSR count). The van der Waals surface area contributed by atoms with E-state index in [0.717, 1.165) is 30.3 Å².